The van der Waals surface area contributed by atoms with Crippen LogP contribution >= 0.6 is 0 Å². The highest BCUT2D eigenvalue weighted by Gasteiger charge is 2.14. The molecule has 0 amide bonds. The van der Waals surface area contributed by atoms with Crippen LogP contribution in [0.4, 0.5) is 0 Å². The molecule has 0 saturated carbocycles. The summed E-state index contributed by atoms with van der Waals surface area (Å²) >= 11 is 0. The molecule has 0 N–H and O–H groups in total. The Labute approximate surface area is 106 Å². The molecule has 0 spiro atoms. The van der Waals surface area contributed by atoms with Crippen molar-refractivity contribution in [2.24, 2.45) is 0 Å². The number of hydrogen-bond acceptors (Lipinski definition) is 3. The van der Waals surface area contributed by atoms with Crippen molar-refractivity contribution in [2.45, 2.75) is 13.8 Å². The molecular weight excluding hydrogens is 226 g/mol. The van der Waals surface area contributed by atoms with Gasteiger partial charge in [0.15, 0.2) is 0 Å². The van der Waals surface area contributed by atoms with E-state index < -0.39 is 0 Å². The maximum Gasteiger partial charge on any atom is 0.338 e. The first kappa shape index (κ1) is 12.3. The van der Waals surface area contributed by atoms with Gasteiger partial charge in [-0.1, -0.05) is 23.8 Å². The topological polar surface area (TPSA) is 39.2 Å². The largest absolute Gasteiger partial charge is 0.462 e. The number of ether oxygens (including phenoxy) is 1. The molecule has 0 bridgehead atoms. The molecule has 3 nitrogen and oxygen atoms in total. The van der Waals surface area contributed by atoms with E-state index in [-0.39, 0.29) is 5.97 Å². The molecule has 1 heterocycles. The fourth-order valence-electron chi connectivity index (χ4n) is 1.78. The number of carbonyl (C=O) groups excluding carboxylic acids is 1. The maximum absolute atomic E-state index is 11.9. The Bertz CT molecular complexity index is 550. The third-order valence-corrected chi connectivity index (χ3v) is 2.61. The zero-order chi connectivity index (χ0) is 13.0. The van der Waals surface area contributed by atoms with Gasteiger partial charge in [-0.2, -0.15) is 0 Å². The second kappa shape index (κ2) is 5.45. The van der Waals surface area contributed by atoms with Crippen LogP contribution in [0.3, 0.4) is 0 Å². The number of aromatic nitrogens is 1. The van der Waals surface area contributed by atoms with E-state index in [1.54, 1.807) is 13.1 Å². The summed E-state index contributed by atoms with van der Waals surface area (Å²) in [5.74, 6) is -0.304. The molecule has 0 saturated heterocycles. The maximum atomic E-state index is 11.9. The molecule has 0 atom stereocenters. The molecule has 0 aliphatic rings. The zero-order valence-corrected chi connectivity index (χ0v) is 10.5. The van der Waals surface area contributed by atoms with Crippen molar-refractivity contribution in [3.8, 4) is 11.3 Å². The van der Waals surface area contributed by atoms with Crippen LogP contribution in [-0.4, -0.2) is 17.6 Å². The number of pyridine rings is 1. The molecule has 1 aromatic heterocycles. The van der Waals surface area contributed by atoms with Crippen LogP contribution in [0.5, 0.6) is 0 Å². The van der Waals surface area contributed by atoms with Crippen molar-refractivity contribution < 1.29 is 9.53 Å². The standard InChI is InChI=1S/C15H15NO2/c1-3-18-15(17)13-10-11(2)7-8-12(13)14-6-4-5-9-16-14/h4-10H,3H2,1-2H3. The molecule has 0 aliphatic heterocycles. The molecule has 0 fully saturated rings. The number of hydrogen-bond donors (Lipinski definition) is 0. The molecule has 3 heteroatoms. The third-order valence-electron chi connectivity index (χ3n) is 2.61. The molecule has 0 unspecified atom stereocenters. The number of rotatable bonds is 3. The van der Waals surface area contributed by atoms with E-state index in [1.165, 1.54) is 0 Å². The van der Waals surface area contributed by atoms with Gasteiger partial charge in [-0.25, -0.2) is 4.79 Å². The first-order valence-corrected chi connectivity index (χ1v) is 5.91. The van der Waals surface area contributed by atoms with E-state index in [2.05, 4.69) is 4.98 Å². The summed E-state index contributed by atoms with van der Waals surface area (Å²) in [5, 5.41) is 0. The predicted octanol–water partition coefficient (Wildman–Crippen LogP) is 3.23. The molecule has 18 heavy (non-hydrogen) atoms. The van der Waals surface area contributed by atoms with Crippen LogP contribution in [0.1, 0.15) is 22.8 Å². The summed E-state index contributed by atoms with van der Waals surface area (Å²) in [4.78, 5) is 16.2. The number of nitrogens with zero attached hydrogens (tertiary/aromatic N) is 1. The Morgan fingerprint density at radius 3 is 2.78 bits per heavy atom. The Morgan fingerprint density at radius 1 is 1.28 bits per heavy atom. The summed E-state index contributed by atoms with van der Waals surface area (Å²) in [6.45, 7) is 4.12. The van der Waals surface area contributed by atoms with Gasteiger partial charge in [0.25, 0.3) is 0 Å². The SMILES string of the molecule is CCOC(=O)c1cc(C)ccc1-c1ccccn1. The summed E-state index contributed by atoms with van der Waals surface area (Å²) in [6.07, 6.45) is 1.71. The van der Waals surface area contributed by atoms with Crippen molar-refractivity contribution in [1.29, 1.82) is 0 Å². The van der Waals surface area contributed by atoms with Crippen molar-refractivity contribution in [1.82, 2.24) is 4.98 Å². The van der Waals surface area contributed by atoms with Crippen LogP contribution in [0, 0.1) is 6.92 Å². The number of benzene rings is 1. The smallest absolute Gasteiger partial charge is 0.338 e. The lowest BCUT2D eigenvalue weighted by atomic mass is 10.0. The minimum Gasteiger partial charge on any atom is -0.462 e. The first-order valence-electron chi connectivity index (χ1n) is 5.91. The normalized spacial score (nSPS) is 10.1. The van der Waals surface area contributed by atoms with Crippen LogP contribution in [0.2, 0.25) is 0 Å². The molecule has 0 radical (unpaired) electrons. The van der Waals surface area contributed by atoms with E-state index in [0.717, 1.165) is 16.8 Å². The van der Waals surface area contributed by atoms with Gasteiger partial charge in [0.1, 0.15) is 0 Å². The summed E-state index contributed by atoms with van der Waals surface area (Å²) in [6, 6.07) is 11.3. The molecule has 92 valence electrons. The van der Waals surface area contributed by atoms with E-state index in [4.69, 9.17) is 4.74 Å². The van der Waals surface area contributed by atoms with Crippen molar-refractivity contribution in [2.75, 3.05) is 6.61 Å². The van der Waals surface area contributed by atoms with Gasteiger partial charge < -0.3 is 4.74 Å². The summed E-state index contributed by atoms with van der Waals surface area (Å²) in [5.41, 5.74) is 3.17. The Hall–Kier alpha value is -2.16. The quantitative estimate of drug-likeness (QED) is 0.774. The fourth-order valence-corrected chi connectivity index (χ4v) is 1.78. The van der Waals surface area contributed by atoms with Gasteiger partial charge in [-0.15, -0.1) is 0 Å². The molecule has 0 aliphatic carbocycles. The average Bonchev–Trinajstić information content (AvgIpc) is 2.40. The monoisotopic (exact) mass is 241 g/mol. The lowest BCUT2D eigenvalue weighted by molar-refractivity contribution is 0.0527. The Balaban J connectivity index is 2.51. The zero-order valence-electron chi connectivity index (χ0n) is 10.5. The summed E-state index contributed by atoms with van der Waals surface area (Å²) < 4.78 is 5.08. The highest BCUT2D eigenvalue weighted by atomic mass is 16.5. The highest BCUT2D eigenvalue weighted by molar-refractivity contribution is 5.97. The molecule has 2 aromatic rings. The molecular formula is C15H15NO2. The van der Waals surface area contributed by atoms with Crippen LogP contribution < -0.4 is 0 Å². The van der Waals surface area contributed by atoms with Crippen LogP contribution in [0.15, 0.2) is 42.6 Å². The van der Waals surface area contributed by atoms with E-state index in [1.807, 2.05) is 43.3 Å². The van der Waals surface area contributed by atoms with Gasteiger partial charge in [-0.3, -0.25) is 4.98 Å². The lowest BCUT2D eigenvalue weighted by Crippen LogP contribution is -2.07. The van der Waals surface area contributed by atoms with Crippen LogP contribution in [0.25, 0.3) is 11.3 Å². The van der Waals surface area contributed by atoms with Crippen molar-refractivity contribution in [3.63, 3.8) is 0 Å². The molecule has 1 aromatic carbocycles. The second-order valence-corrected chi connectivity index (χ2v) is 3.98. The average molecular weight is 241 g/mol. The summed E-state index contributed by atoms with van der Waals surface area (Å²) in [7, 11) is 0. The predicted molar refractivity (Wildman–Crippen MR) is 70.4 cm³/mol. The fraction of sp³-hybridized carbons (Fsp3) is 0.200. The van der Waals surface area contributed by atoms with E-state index in [9.17, 15) is 4.79 Å². The van der Waals surface area contributed by atoms with Gasteiger partial charge in [0, 0.05) is 11.8 Å². The van der Waals surface area contributed by atoms with Crippen molar-refractivity contribution >= 4 is 5.97 Å². The number of esters is 1. The minimum absolute atomic E-state index is 0.304. The van der Waals surface area contributed by atoms with Crippen molar-refractivity contribution in [3.05, 3.63) is 53.7 Å². The van der Waals surface area contributed by atoms with Gasteiger partial charge in [0.2, 0.25) is 0 Å². The highest BCUT2D eigenvalue weighted by Crippen LogP contribution is 2.23. The first-order chi connectivity index (χ1) is 8.72. The Morgan fingerprint density at radius 2 is 2.11 bits per heavy atom. The van der Waals surface area contributed by atoms with Gasteiger partial charge in [-0.05, 0) is 32.0 Å². The number of carbonyl (C=O) groups is 1. The van der Waals surface area contributed by atoms with Gasteiger partial charge >= 0.3 is 5.97 Å². The Kier molecular flexibility index (Phi) is 3.72. The van der Waals surface area contributed by atoms with Gasteiger partial charge in [0.05, 0.1) is 17.9 Å². The van der Waals surface area contributed by atoms with Crippen LogP contribution in [-0.2, 0) is 4.74 Å². The van der Waals surface area contributed by atoms with E-state index >= 15 is 0 Å². The number of aryl methyl sites for hydroxylation is 1. The molecule has 2 rings (SSSR count). The second-order valence-electron chi connectivity index (χ2n) is 3.98. The third kappa shape index (κ3) is 2.56. The van der Waals surface area contributed by atoms with E-state index in [0.29, 0.717) is 12.2 Å². The minimum atomic E-state index is -0.304. The lowest BCUT2D eigenvalue weighted by Gasteiger charge is -2.09.